The van der Waals surface area contributed by atoms with Crippen molar-refractivity contribution in [1.82, 2.24) is 5.43 Å². The third kappa shape index (κ3) is 2.03. The Morgan fingerprint density at radius 3 is 2.67 bits per heavy atom. The largest absolute Gasteiger partial charge is 0.384 e. The summed E-state index contributed by atoms with van der Waals surface area (Å²) >= 11 is 7.43. The van der Waals surface area contributed by atoms with Crippen LogP contribution in [0.2, 0.25) is 5.02 Å². The molecule has 2 heterocycles. The summed E-state index contributed by atoms with van der Waals surface area (Å²) in [7, 11) is 0. The van der Waals surface area contributed by atoms with Gasteiger partial charge in [0.2, 0.25) is 0 Å². The van der Waals surface area contributed by atoms with Crippen LogP contribution < -0.4 is 5.43 Å². The first kappa shape index (κ1) is 11.7. The van der Waals surface area contributed by atoms with E-state index in [2.05, 4.69) is 10.5 Å². The van der Waals surface area contributed by atoms with Gasteiger partial charge in [-0.25, -0.2) is 0 Å². The van der Waals surface area contributed by atoms with Crippen molar-refractivity contribution < 1.29 is 5.11 Å². The van der Waals surface area contributed by atoms with Gasteiger partial charge in [0, 0.05) is 5.02 Å². The van der Waals surface area contributed by atoms with Crippen LogP contribution in [0.3, 0.4) is 0 Å². The number of nitrogens with one attached hydrogen (secondary N) is 1. The number of hydrazone groups is 1. The van der Waals surface area contributed by atoms with Gasteiger partial charge in [0.25, 0.3) is 0 Å². The molecule has 2 aromatic rings. The molecular formula is C13H11ClN2OS. The quantitative estimate of drug-likeness (QED) is 0.887. The molecule has 2 unspecified atom stereocenters. The van der Waals surface area contributed by atoms with Crippen LogP contribution in [0.25, 0.3) is 0 Å². The summed E-state index contributed by atoms with van der Waals surface area (Å²) in [5.41, 5.74) is 4.66. The van der Waals surface area contributed by atoms with Gasteiger partial charge in [0.15, 0.2) is 0 Å². The first-order valence-corrected chi connectivity index (χ1v) is 6.82. The minimum atomic E-state index is -0.634. The van der Waals surface area contributed by atoms with Gasteiger partial charge in [-0.3, -0.25) is 5.43 Å². The number of nitrogens with zero attached hydrogens (tertiary/aromatic N) is 1. The minimum absolute atomic E-state index is 0.209. The standard InChI is InChI=1S/C13H11ClN2OS/c14-9-5-3-8(4-6-9)11-13(17)12(16-15-11)10-2-1-7-18-10/h1-7,11,13,15,17H. The predicted octanol–water partition coefficient (Wildman–Crippen LogP) is 2.81. The number of thiophene rings is 1. The van der Waals surface area contributed by atoms with Crippen LogP contribution in [0, 0.1) is 0 Å². The van der Waals surface area contributed by atoms with Gasteiger partial charge in [-0.1, -0.05) is 29.8 Å². The van der Waals surface area contributed by atoms with E-state index in [0.29, 0.717) is 10.7 Å². The molecule has 1 aromatic heterocycles. The molecule has 1 aliphatic rings. The molecule has 0 aliphatic carbocycles. The summed E-state index contributed by atoms with van der Waals surface area (Å²) in [6.07, 6.45) is -0.634. The normalized spacial score (nSPS) is 22.7. The van der Waals surface area contributed by atoms with Gasteiger partial charge in [0.05, 0.1) is 4.88 Å². The Labute approximate surface area is 114 Å². The Hall–Kier alpha value is -1.36. The molecule has 2 N–H and O–H groups in total. The highest BCUT2D eigenvalue weighted by Gasteiger charge is 2.32. The second-order valence-electron chi connectivity index (χ2n) is 4.08. The van der Waals surface area contributed by atoms with Crippen molar-refractivity contribution in [2.75, 3.05) is 0 Å². The lowest BCUT2D eigenvalue weighted by atomic mass is 9.99. The topological polar surface area (TPSA) is 44.6 Å². The number of aliphatic hydroxyl groups is 1. The Kier molecular flexibility index (Phi) is 3.07. The molecule has 1 aliphatic heterocycles. The fourth-order valence-electron chi connectivity index (χ4n) is 1.99. The van der Waals surface area contributed by atoms with Gasteiger partial charge < -0.3 is 5.11 Å². The summed E-state index contributed by atoms with van der Waals surface area (Å²) in [6, 6.07) is 11.1. The fourth-order valence-corrected chi connectivity index (χ4v) is 2.86. The summed E-state index contributed by atoms with van der Waals surface area (Å²) in [5, 5.41) is 17.2. The third-order valence-electron chi connectivity index (χ3n) is 2.92. The molecule has 3 rings (SSSR count). The average Bonchev–Trinajstić information content (AvgIpc) is 2.99. The van der Waals surface area contributed by atoms with Crippen LogP contribution in [0.1, 0.15) is 16.5 Å². The van der Waals surface area contributed by atoms with E-state index >= 15 is 0 Å². The van der Waals surface area contributed by atoms with Crippen LogP contribution in [0.5, 0.6) is 0 Å². The Balaban J connectivity index is 1.85. The number of hydrogen-bond donors (Lipinski definition) is 2. The van der Waals surface area contributed by atoms with Gasteiger partial charge in [-0.05, 0) is 29.1 Å². The molecule has 0 radical (unpaired) electrons. The maximum Gasteiger partial charge on any atom is 0.125 e. The first-order chi connectivity index (χ1) is 8.75. The van der Waals surface area contributed by atoms with E-state index in [0.717, 1.165) is 10.4 Å². The maximum atomic E-state index is 10.3. The predicted molar refractivity (Wildman–Crippen MR) is 74.2 cm³/mol. The lowest BCUT2D eigenvalue weighted by molar-refractivity contribution is 0.207. The number of hydrogen-bond acceptors (Lipinski definition) is 4. The first-order valence-electron chi connectivity index (χ1n) is 5.56. The van der Waals surface area contributed by atoms with E-state index in [1.54, 1.807) is 11.3 Å². The van der Waals surface area contributed by atoms with Crippen molar-refractivity contribution in [1.29, 1.82) is 0 Å². The van der Waals surface area contributed by atoms with Crippen molar-refractivity contribution in [3.63, 3.8) is 0 Å². The zero-order valence-corrected chi connectivity index (χ0v) is 10.9. The molecule has 3 nitrogen and oxygen atoms in total. The minimum Gasteiger partial charge on any atom is -0.384 e. The summed E-state index contributed by atoms with van der Waals surface area (Å²) in [6.45, 7) is 0. The Morgan fingerprint density at radius 1 is 1.22 bits per heavy atom. The van der Waals surface area contributed by atoms with E-state index in [9.17, 15) is 5.11 Å². The third-order valence-corrected chi connectivity index (χ3v) is 4.07. The molecule has 0 saturated carbocycles. The van der Waals surface area contributed by atoms with Crippen molar-refractivity contribution >= 4 is 28.6 Å². The van der Waals surface area contributed by atoms with E-state index in [4.69, 9.17) is 11.6 Å². The summed E-state index contributed by atoms with van der Waals surface area (Å²) in [5.74, 6) is 0. The second-order valence-corrected chi connectivity index (χ2v) is 5.46. The number of benzene rings is 1. The van der Waals surface area contributed by atoms with Crippen LogP contribution in [0.4, 0.5) is 0 Å². The van der Waals surface area contributed by atoms with Crippen LogP contribution in [-0.4, -0.2) is 16.9 Å². The molecule has 0 amide bonds. The second kappa shape index (κ2) is 4.72. The smallest absolute Gasteiger partial charge is 0.125 e. The summed E-state index contributed by atoms with van der Waals surface area (Å²) in [4.78, 5) is 0.992. The van der Waals surface area contributed by atoms with E-state index in [1.807, 2.05) is 41.8 Å². The SMILES string of the molecule is OC1C(c2cccs2)=NNC1c1ccc(Cl)cc1. The molecule has 92 valence electrons. The van der Waals surface area contributed by atoms with E-state index < -0.39 is 6.10 Å². The highest BCUT2D eigenvalue weighted by molar-refractivity contribution is 7.12. The molecule has 0 fully saturated rings. The zero-order chi connectivity index (χ0) is 12.5. The lowest BCUT2D eigenvalue weighted by Gasteiger charge is -2.15. The molecule has 0 bridgehead atoms. The Bertz CT molecular complexity index is 565. The lowest BCUT2D eigenvalue weighted by Crippen LogP contribution is -2.26. The average molecular weight is 279 g/mol. The van der Waals surface area contributed by atoms with Gasteiger partial charge in [0.1, 0.15) is 17.9 Å². The van der Waals surface area contributed by atoms with E-state index in [1.165, 1.54) is 0 Å². The van der Waals surface area contributed by atoms with Crippen LogP contribution in [-0.2, 0) is 0 Å². The van der Waals surface area contributed by atoms with E-state index in [-0.39, 0.29) is 6.04 Å². The zero-order valence-electron chi connectivity index (χ0n) is 9.38. The van der Waals surface area contributed by atoms with Crippen molar-refractivity contribution in [3.05, 3.63) is 57.2 Å². The molecule has 0 saturated heterocycles. The fraction of sp³-hybridized carbons (Fsp3) is 0.154. The molecule has 5 heteroatoms. The van der Waals surface area contributed by atoms with Crippen molar-refractivity contribution in [2.45, 2.75) is 12.1 Å². The van der Waals surface area contributed by atoms with Gasteiger partial charge in [-0.15, -0.1) is 11.3 Å². The monoisotopic (exact) mass is 278 g/mol. The van der Waals surface area contributed by atoms with Crippen LogP contribution in [0.15, 0.2) is 46.9 Å². The molecule has 2 atom stereocenters. The van der Waals surface area contributed by atoms with Gasteiger partial charge in [-0.2, -0.15) is 5.10 Å². The number of halogens is 1. The molecular weight excluding hydrogens is 268 g/mol. The Morgan fingerprint density at radius 2 is 2.00 bits per heavy atom. The molecule has 0 spiro atoms. The van der Waals surface area contributed by atoms with Crippen LogP contribution >= 0.6 is 22.9 Å². The van der Waals surface area contributed by atoms with Gasteiger partial charge >= 0.3 is 0 Å². The van der Waals surface area contributed by atoms with Crippen molar-refractivity contribution in [3.8, 4) is 0 Å². The number of aliphatic hydroxyl groups excluding tert-OH is 1. The number of rotatable bonds is 2. The molecule has 1 aromatic carbocycles. The van der Waals surface area contributed by atoms with Crippen molar-refractivity contribution in [2.24, 2.45) is 5.10 Å². The highest BCUT2D eigenvalue weighted by atomic mass is 35.5. The molecule has 18 heavy (non-hydrogen) atoms. The maximum absolute atomic E-state index is 10.3. The highest BCUT2D eigenvalue weighted by Crippen LogP contribution is 2.27. The summed E-state index contributed by atoms with van der Waals surface area (Å²) < 4.78 is 0.